The van der Waals surface area contributed by atoms with Crippen molar-refractivity contribution in [2.75, 3.05) is 11.9 Å². The fraction of sp³-hybridized carbons (Fsp3) is 0.214. The van der Waals surface area contributed by atoms with E-state index in [-0.39, 0.29) is 10.8 Å². The Kier molecular flexibility index (Phi) is 5.94. The van der Waals surface area contributed by atoms with E-state index < -0.39 is 36.3 Å². The summed E-state index contributed by atoms with van der Waals surface area (Å²) < 4.78 is 5.69. The van der Waals surface area contributed by atoms with E-state index in [9.17, 15) is 19.2 Å². The molecule has 9 nitrogen and oxygen atoms in total. The summed E-state index contributed by atoms with van der Waals surface area (Å²) >= 11 is 11.8. The minimum absolute atomic E-state index is 0.0847. The van der Waals surface area contributed by atoms with Gasteiger partial charge in [-0.2, -0.15) is 0 Å². The van der Waals surface area contributed by atoms with E-state index in [0.29, 0.717) is 10.7 Å². The molecule has 2 N–H and O–H groups in total. The molecule has 0 aliphatic heterocycles. The molecule has 0 aliphatic rings. The number of nitrogens with one attached hydrogen (secondary N) is 2. The van der Waals surface area contributed by atoms with Gasteiger partial charge in [0.05, 0.1) is 15.7 Å². The van der Waals surface area contributed by atoms with Crippen molar-refractivity contribution in [1.82, 2.24) is 14.5 Å². The van der Waals surface area contributed by atoms with E-state index in [1.165, 1.54) is 6.07 Å². The lowest BCUT2D eigenvalue weighted by Crippen LogP contribution is -2.32. The molecule has 0 unspecified atom stereocenters. The highest BCUT2D eigenvalue weighted by atomic mass is 35.5. The Morgan fingerprint density at radius 3 is 2.72 bits per heavy atom. The van der Waals surface area contributed by atoms with Gasteiger partial charge in [-0.3, -0.25) is 23.9 Å². The van der Waals surface area contributed by atoms with Gasteiger partial charge >= 0.3 is 11.7 Å². The molecule has 0 spiro atoms. The Hall–Kier alpha value is -2.65. The number of aromatic amines is 1. The third kappa shape index (κ3) is 5.16. The van der Waals surface area contributed by atoms with Gasteiger partial charge in [0, 0.05) is 12.3 Å². The van der Waals surface area contributed by atoms with Gasteiger partial charge in [-0.05, 0) is 13.0 Å². The van der Waals surface area contributed by atoms with Gasteiger partial charge < -0.3 is 10.1 Å². The normalized spacial score (nSPS) is 10.4. The molecular weight excluding hydrogens is 375 g/mol. The van der Waals surface area contributed by atoms with Crippen LogP contribution in [0, 0.1) is 6.92 Å². The number of hydrogen-bond acceptors (Lipinski definition) is 6. The van der Waals surface area contributed by atoms with Crippen molar-refractivity contribution >= 4 is 40.9 Å². The highest BCUT2D eigenvalue weighted by Crippen LogP contribution is 2.25. The van der Waals surface area contributed by atoms with Crippen molar-refractivity contribution in [3.8, 4) is 0 Å². The van der Waals surface area contributed by atoms with Gasteiger partial charge in [0.2, 0.25) is 0 Å². The van der Waals surface area contributed by atoms with E-state index in [4.69, 9.17) is 27.9 Å². The molecule has 132 valence electrons. The molecule has 0 saturated carbocycles. The largest absolute Gasteiger partial charge is 0.454 e. The predicted molar refractivity (Wildman–Crippen MR) is 89.9 cm³/mol. The Morgan fingerprint density at radius 2 is 2.04 bits per heavy atom. The number of aromatic nitrogens is 3. The molecule has 1 amide bonds. The molecular formula is C14H12Cl2N4O5. The van der Waals surface area contributed by atoms with Gasteiger partial charge in [0.1, 0.15) is 6.54 Å². The van der Waals surface area contributed by atoms with E-state index >= 15 is 0 Å². The van der Waals surface area contributed by atoms with Gasteiger partial charge in [-0.25, -0.2) is 9.78 Å². The molecule has 0 saturated heterocycles. The molecule has 2 rings (SSSR count). The monoisotopic (exact) mass is 386 g/mol. The predicted octanol–water partition coefficient (Wildman–Crippen LogP) is 0.729. The van der Waals surface area contributed by atoms with Crippen molar-refractivity contribution in [2.45, 2.75) is 13.5 Å². The van der Waals surface area contributed by atoms with Gasteiger partial charge in [0.15, 0.2) is 12.4 Å². The molecule has 0 aromatic carbocycles. The van der Waals surface area contributed by atoms with Crippen molar-refractivity contribution in [3.63, 3.8) is 0 Å². The first kappa shape index (κ1) is 18.7. The van der Waals surface area contributed by atoms with Crippen LogP contribution in [0.25, 0.3) is 0 Å². The van der Waals surface area contributed by atoms with Crippen LogP contribution in [0.4, 0.5) is 5.82 Å². The summed E-state index contributed by atoms with van der Waals surface area (Å²) in [6.07, 6.45) is 1.14. The number of nitrogens with zero attached hydrogens (tertiary/aromatic N) is 2. The summed E-state index contributed by atoms with van der Waals surface area (Å²) in [5.74, 6) is -1.42. The molecule has 11 heteroatoms. The molecule has 0 radical (unpaired) electrons. The first-order chi connectivity index (χ1) is 11.8. The number of carbonyl (C=O) groups excluding carboxylic acids is 2. The second-order valence-corrected chi connectivity index (χ2v) is 5.65. The number of carbonyl (C=O) groups is 2. The maximum absolute atomic E-state index is 11.8. The van der Waals surface area contributed by atoms with Crippen LogP contribution >= 0.6 is 23.2 Å². The fourth-order valence-electron chi connectivity index (χ4n) is 1.71. The van der Waals surface area contributed by atoms with Crippen LogP contribution in [0.5, 0.6) is 0 Å². The smallest absolute Gasteiger partial charge is 0.328 e. The Bertz CT molecular complexity index is 938. The van der Waals surface area contributed by atoms with E-state index in [0.717, 1.165) is 16.8 Å². The molecule has 2 aromatic rings. The number of anilines is 1. The molecule has 2 aromatic heterocycles. The molecule has 25 heavy (non-hydrogen) atoms. The minimum atomic E-state index is -0.837. The summed E-state index contributed by atoms with van der Waals surface area (Å²) in [6, 6.07) is 2.51. The highest BCUT2D eigenvalue weighted by molar-refractivity contribution is 6.36. The number of pyridine rings is 1. The average Bonchev–Trinajstić information content (AvgIpc) is 2.53. The van der Waals surface area contributed by atoms with E-state index in [1.807, 2.05) is 4.98 Å². The summed E-state index contributed by atoms with van der Waals surface area (Å²) in [6.45, 7) is 0.578. The number of esters is 1. The Morgan fingerprint density at radius 1 is 1.32 bits per heavy atom. The number of halogens is 2. The summed E-state index contributed by atoms with van der Waals surface area (Å²) in [5, 5.41) is 2.86. The fourth-order valence-corrected chi connectivity index (χ4v) is 2.12. The number of H-pyrrole nitrogens is 1. The lowest BCUT2D eigenvalue weighted by Gasteiger charge is -2.09. The number of hydrogen-bond donors (Lipinski definition) is 2. The van der Waals surface area contributed by atoms with Crippen LogP contribution in [0.3, 0.4) is 0 Å². The second-order valence-electron chi connectivity index (χ2n) is 4.83. The second kappa shape index (κ2) is 7.95. The minimum Gasteiger partial charge on any atom is -0.454 e. The molecule has 0 bridgehead atoms. The lowest BCUT2D eigenvalue weighted by atomic mass is 10.3. The first-order valence-electron chi connectivity index (χ1n) is 6.84. The summed E-state index contributed by atoms with van der Waals surface area (Å²) in [5.41, 5.74) is -0.881. The van der Waals surface area contributed by atoms with Gasteiger partial charge in [-0.15, -0.1) is 0 Å². The van der Waals surface area contributed by atoms with E-state index in [1.54, 1.807) is 6.92 Å². The molecule has 0 fully saturated rings. The van der Waals surface area contributed by atoms with Crippen molar-refractivity contribution < 1.29 is 14.3 Å². The van der Waals surface area contributed by atoms with Crippen LogP contribution < -0.4 is 16.6 Å². The number of rotatable bonds is 5. The van der Waals surface area contributed by atoms with Crippen LogP contribution in [-0.2, 0) is 20.9 Å². The zero-order valence-corrected chi connectivity index (χ0v) is 14.3. The van der Waals surface area contributed by atoms with E-state index in [2.05, 4.69) is 10.3 Å². The first-order valence-corrected chi connectivity index (χ1v) is 7.59. The zero-order valence-electron chi connectivity index (χ0n) is 12.8. The molecule has 2 heterocycles. The van der Waals surface area contributed by atoms with Gasteiger partial charge in [-0.1, -0.05) is 23.2 Å². The quantitative estimate of drug-likeness (QED) is 0.730. The number of amides is 1. The van der Waals surface area contributed by atoms with Gasteiger partial charge in [0.25, 0.3) is 11.5 Å². The van der Waals surface area contributed by atoms with Crippen molar-refractivity contribution in [2.24, 2.45) is 0 Å². The van der Waals surface area contributed by atoms with Crippen LogP contribution in [-0.4, -0.2) is 33.0 Å². The molecule has 0 aliphatic carbocycles. The number of ether oxygens (including phenoxy) is 1. The van der Waals surface area contributed by atoms with Crippen molar-refractivity contribution in [1.29, 1.82) is 0 Å². The standard InChI is InChI=1S/C14H12Cl2N4O5/c1-7-8(15)4-9(16)13(17-7)18-11(22)6-25-12(23)5-20-3-2-10(21)19-14(20)24/h2-4H,5-6H2,1H3,(H,17,18,22)(H,19,21,24). The van der Waals surface area contributed by atoms with Crippen LogP contribution in [0.2, 0.25) is 10.0 Å². The Balaban J connectivity index is 1.91. The maximum Gasteiger partial charge on any atom is 0.328 e. The maximum atomic E-state index is 11.8. The SMILES string of the molecule is Cc1nc(NC(=O)COC(=O)Cn2ccc(=O)[nH]c2=O)c(Cl)cc1Cl. The van der Waals surface area contributed by atoms with Crippen LogP contribution in [0.1, 0.15) is 5.69 Å². The third-order valence-corrected chi connectivity index (χ3v) is 3.59. The number of aryl methyl sites for hydroxylation is 1. The third-order valence-electron chi connectivity index (χ3n) is 2.92. The molecule has 0 atom stereocenters. The average molecular weight is 387 g/mol. The Labute approximate surface area is 150 Å². The topological polar surface area (TPSA) is 123 Å². The lowest BCUT2D eigenvalue weighted by molar-refractivity contribution is -0.148. The van der Waals surface area contributed by atoms with Crippen LogP contribution in [0.15, 0.2) is 27.9 Å². The zero-order chi connectivity index (χ0) is 18.6. The summed E-state index contributed by atoms with van der Waals surface area (Å²) in [7, 11) is 0. The summed E-state index contributed by atoms with van der Waals surface area (Å²) in [4.78, 5) is 51.8. The van der Waals surface area contributed by atoms with Crippen molar-refractivity contribution in [3.05, 3.63) is 54.9 Å². The highest BCUT2D eigenvalue weighted by Gasteiger charge is 2.13.